The van der Waals surface area contributed by atoms with Gasteiger partial charge < -0.3 is 25.0 Å². The van der Waals surface area contributed by atoms with Crippen LogP contribution in [0.5, 0.6) is 5.75 Å². The second-order valence-corrected chi connectivity index (χ2v) is 8.30. The maximum atomic E-state index is 5.57. The molecule has 1 atom stereocenters. The van der Waals surface area contributed by atoms with Gasteiger partial charge >= 0.3 is 0 Å². The number of methoxy groups -OCH3 is 1. The highest BCUT2D eigenvalue weighted by atomic mass is 16.5. The largest absolute Gasteiger partial charge is 0.497 e. The lowest BCUT2D eigenvalue weighted by Gasteiger charge is -2.35. The number of nitrogens with zero attached hydrogens (tertiary/aromatic N) is 3. The monoisotopic (exact) mass is 439 g/mol. The second-order valence-electron chi connectivity index (χ2n) is 8.30. The van der Waals surface area contributed by atoms with Crippen molar-refractivity contribution in [2.45, 2.75) is 19.1 Å². The summed E-state index contributed by atoms with van der Waals surface area (Å²) >= 11 is 0. The molecule has 2 aromatic carbocycles. The average molecular weight is 440 g/mol. The van der Waals surface area contributed by atoms with E-state index in [1.54, 1.807) is 7.11 Å². The lowest BCUT2D eigenvalue weighted by Crippen LogP contribution is -2.46. The SMILES string of the molecule is CN=C(NCc1cccc(CN(C)C)c1)NCC(c1ccc(OC)cc1)N1CCOCC1. The molecule has 0 aliphatic carbocycles. The quantitative estimate of drug-likeness (QED) is 0.463. The highest BCUT2D eigenvalue weighted by Crippen LogP contribution is 2.23. The van der Waals surface area contributed by atoms with Gasteiger partial charge in [-0.25, -0.2) is 0 Å². The molecule has 1 aliphatic heterocycles. The first-order valence-electron chi connectivity index (χ1n) is 11.2. The molecule has 0 saturated carbocycles. The van der Waals surface area contributed by atoms with Crippen LogP contribution in [0.2, 0.25) is 0 Å². The minimum absolute atomic E-state index is 0.228. The molecule has 1 saturated heterocycles. The maximum absolute atomic E-state index is 5.57. The van der Waals surface area contributed by atoms with Gasteiger partial charge in [-0.2, -0.15) is 0 Å². The molecular formula is C25H37N5O2. The summed E-state index contributed by atoms with van der Waals surface area (Å²) < 4.78 is 10.9. The van der Waals surface area contributed by atoms with Gasteiger partial charge in [0, 0.05) is 39.8 Å². The molecule has 1 heterocycles. The Morgan fingerprint density at radius 3 is 2.47 bits per heavy atom. The van der Waals surface area contributed by atoms with E-state index in [1.165, 1.54) is 16.7 Å². The van der Waals surface area contributed by atoms with Crippen LogP contribution in [0.3, 0.4) is 0 Å². The molecule has 0 bridgehead atoms. The molecule has 7 nitrogen and oxygen atoms in total. The fraction of sp³-hybridized carbons (Fsp3) is 0.480. The van der Waals surface area contributed by atoms with Gasteiger partial charge in [0.05, 0.1) is 26.4 Å². The number of benzene rings is 2. The Kier molecular flexibility index (Phi) is 9.34. The van der Waals surface area contributed by atoms with Crippen molar-refractivity contribution in [3.05, 3.63) is 65.2 Å². The third-order valence-corrected chi connectivity index (χ3v) is 5.62. The van der Waals surface area contributed by atoms with E-state index in [2.05, 4.69) is 75.9 Å². The van der Waals surface area contributed by atoms with Crippen LogP contribution in [-0.4, -0.2) is 76.9 Å². The van der Waals surface area contributed by atoms with E-state index in [9.17, 15) is 0 Å². The van der Waals surface area contributed by atoms with E-state index >= 15 is 0 Å². The topological polar surface area (TPSA) is 61.4 Å². The van der Waals surface area contributed by atoms with Gasteiger partial charge in [-0.1, -0.05) is 36.4 Å². The average Bonchev–Trinajstić information content (AvgIpc) is 2.82. The van der Waals surface area contributed by atoms with Crippen molar-refractivity contribution >= 4 is 5.96 Å². The summed E-state index contributed by atoms with van der Waals surface area (Å²) in [5, 5.41) is 6.98. The summed E-state index contributed by atoms with van der Waals surface area (Å²) in [5.41, 5.74) is 3.81. The Bertz CT molecular complexity index is 848. The van der Waals surface area contributed by atoms with Crippen molar-refractivity contribution in [3.63, 3.8) is 0 Å². The minimum Gasteiger partial charge on any atom is -0.497 e. The van der Waals surface area contributed by atoms with E-state index in [-0.39, 0.29) is 6.04 Å². The Balaban J connectivity index is 1.61. The Labute approximate surface area is 192 Å². The van der Waals surface area contributed by atoms with Crippen molar-refractivity contribution < 1.29 is 9.47 Å². The van der Waals surface area contributed by atoms with Crippen LogP contribution in [0.15, 0.2) is 53.5 Å². The molecule has 2 N–H and O–H groups in total. The number of rotatable bonds is 9. The molecule has 1 fully saturated rings. The van der Waals surface area contributed by atoms with Gasteiger partial charge in [-0.3, -0.25) is 9.89 Å². The lowest BCUT2D eigenvalue weighted by atomic mass is 10.0. The summed E-state index contributed by atoms with van der Waals surface area (Å²) in [5.74, 6) is 1.67. The Morgan fingerprint density at radius 1 is 1.09 bits per heavy atom. The molecular weight excluding hydrogens is 402 g/mol. The highest BCUT2D eigenvalue weighted by Gasteiger charge is 2.23. The zero-order valence-corrected chi connectivity index (χ0v) is 19.8. The highest BCUT2D eigenvalue weighted by molar-refractivity contribution is 5.79. The van der Waals surface area contributed by atoms with E-state index in [4.69, 9.17) is 9.47 Å². The number of hydrogen-bond donors (Lipinski definition) is 2. The third-order valence-electron chi connectivity index (χ3n) is 5.62. The van der Waals surface area contributed by atoms with Gasteiger partial charge in [0.25, 0.3) is 0 Å². The summed E-state index contributed by atoms with van der Waals surface area (Å²) in [6.07, 6.45) is 0. The first-order valence-corrected chi connectivity index (χ1v) is 11.2. The number of hydrogen-bond acceptors (Lipinski definition) is 5. The number of ether oxygens (including phenoxy) is 2. The standard InChI is InChI=1S/C25H37N5O2/c1-26-25(27-17-20-6-5-7-21(16-20)19-29(2)3)28-18-24(30-12-14-32-15-13-30)22-8-10-23(31-4)11-9-22/h5-11,16,24H,12-15,17-19H2,1-4H3,(H2,26,27,28). The van der Waals surface area contributed by atoms with Gasteiger partial charge in [0.2, 0.25) is 0 Å². The first-order chi connectivity index (χ1) is 15.6. The fourth-order valence-electron chi connectivity index (χ4n) is 3.98. The molecule has 2 aromatic rings. The van der Waals surface area contributed by atoms with Gasteiger partial charge in [-0.05, 0) is 42.9 Å². The lowest BCUT2D eigenvalue weighted by molar-refractivity contribution is 0.0170. The van der Waals surface area contributed by atoms with E-state index in [0.717, 1.165) is 57.6 Å². The summed E-state index contributed by atoms with van der Waals surface area (Å²) in [6, 6.07) is 17.2. The molecule has 32 heavy (non-hydrogen) atoms. The molecule has 1 unspecified atom stereocenters. The maximum Gasteiger partial charge on any atom is 0.191 e. The predicted molar refractivity (Wildman–Crippen MR) is 130 cm³/mol. The minimum atomic E-state index is 0.228. The van der Waals surface area contributed by atoms with Gasteiger partial charge in [0.1, 0.15) is 5.75 Å². The molecule has 3 rings (SSSR count). The van der Waals surface area contributed by atoms with Crippen molar-refractivity contribution in [1.29, 1.82) is 0 Å². The third kappa shape index (κ3) is 7.22. The van der Waals surface area contributed by atoms with Crippen molar-refractivity contribution in [1.82, 2.24) is 20.4 Å². The first kappa shape index (κ1) is 24.0. The van der Waals surface area contributed by atoms with Crippen LogP contribution in [0.1, 0.15) is 22.7 Å². The van der Waals surface area contributed by atoms with Crippen LogP contribution in [-0.2, 0) is 17.8 Å². The van der Waals surface area contributed by atoms with E-state index in [1.807, 2.05) is 19.2 Å². The molecule has 0 radical (unpaired) electrons. The van der Waals surface area contributed by atoms with E-state index in [0.29, 0.717) is 0 Å². The molecule has 7 heteroatoms. The molecule has 174 valence electrons. The number of nitrogens with one attached hydrogen (secondary N) is 2. The smallest absolute Gasteiger partial charge is 0.191 e. The van der Waals surface area contributed by atoms with Gasteiger partial charge in [-0.15, -0.1) is 0 Å². The van der Waals surface area contributed by atoms with Gasteiger partial charge in [0.15, 0.2) is 5.96 Å². The summed E-state index contributed by atoms with van der Waals surface area (Å²) in [6.45, 7) is 5.79. The Hall–Kier alpha value is -2.61. The molecule has 1 aliphatic rings. The molecule has 0 amide bonds. The second kappa shape index (κ2) is 12.4. The van der Waals surface area contributed by atoms with Crippen molar-refractivity contribution in [2.75, 3.05) is 61.1 Å². The Morgan fingerprint density at radius 2 is 1.81 bits per heavy atom. The van der Waals surface area contributed by atoms with Crippen LogP contribution in [0.4, 0.5) is 0 Å². The fourth-order valence-corrected chi connectivity index (χ4v) is 3.98. The van der Waals surface area contributed by atoms with Crippen LogP contribution in [0, 0.1) is 0 Å². The number of aliphatic imine (C=N–C) groups is 1. The zero-order valence-electron chi connectivity index (χ0n) is 19.8. The van der Waals surface area contributed by atoms with E-state index < -0.39 is 0 Å². The zero-order chi connectivity index (χ0) is 22.8. The van der Waals surface area contributed by atoms with Crippen LogP contribution < -0.4 is 15.4 Å². The predicted octanol–water partition coefficient (Wildman–Crippen LogP) is 2.50. The number of morpholine rings is 1. The molecule has 0 aromatic heterocycles. The normalized spacial score (nSPS) is 16.1. The summed E-state index contributed by atoms with van der Waals surface area (Å²) in [4.78, 5) is 9.08. The van der Waals surface area contributed by atoms with Crippen molar-refractivity contribution in [3.8, 4) is 5.75 Å². The number of guanidine groups is 1. The molecule has 0 spiro atoms. The van der Waals surface area contributed by atoms with Crippen LogP contribution in [0.25, 0.3) is 0 Å². The summed E-state index contributed by atoms with van der Waals surface area (Å²) in [7, 11) is 7.69. The van der Waals surface area contributed by atoms with Crippen LogP contribution >= 0.6 is 0 Å². The van der Waals surface area contributed by atoms with Crippen molar-refractivity contribution in [2.24, 2.45) is 4.99 Å².